The molecule has 170 valence electrons. The molecule has 1 saturated heterocycles. The Balaban J connectivity index is 1.17. The van der Waals surface area contributed by atoms with Crippen LogP contribution in [0.2, 0.25) is 0 Å². The van der Waals surface area contributed by atoms with Crippen molar-refractivity contribution in [1.82, 2.24) is 15.1 Å². The summed E-state index contributed by atoms with van der Waals surface area (Å²) >= 11 is 0.451. The molecule has 1 aromatic heterocycles. The Morgan fingerprint density at radius 2 is 1.90 bits per heavy atom. The third kappa shape index (κ3) is 3.72. The van der Waals surface area contributed by atoms with Crippen LogP contribution in [-0.4, -0.2) is 52.3 Å². The third-order valence-electron chi connectivity index (χ3n) is 7.39. The molecule has 0 radical (unpaired) electrons. The van der Waals surface area contributed by atoms with Gasteiger partial charge in [0.15, 0.2) is 0 Å². The van der Waals surface area contributed by atoms with Crippen LogP contribution in [0.15, 0.2) is 0 Å². The topological polar surface area (TPSA) is 110 Å². The minimum atomic E-state index is -4.52. The first-order chi connectivity index (χ1) is 14.6. The Labute approximate surface area is 180 Å². The summed E-state index contributed by atoms with van der Waals surface area (Å²) < 4.78 is 44.0. The van der Waals surface area contributed by atoms with Crippen LogP contribution in [-0.2, 0) is 15.7 Å². The van der Waals surface area contributed by atoms with E-state index >= 15 is 0 Å². The molecule has 2 amide bonds. The first-order valence-electron chi connectivity index (χ1n) is 10.6. The fraction of sp³-hybridized carbons (Fsp3) is 0.789. The summed E-state index contributed by atoms with van der Waals surface area (Å²) in [4.78, 5) is 26.4. The number of ether oxygens (including phenoxy) is 1. The molecule has 6 atom stereocenters. The average molecular weight is 459 g/mol. The Kier molecular flexibility index (Phi) is 4.83. The summed E-state index contributed by atoms with van der Waals surface area (Å²) in [5, 5.41) is 8.73. The molecule has 2 heterocycles. The van der Waals surface area contributed by atoms with E-state index in [4.69, 9.17) is 10.5 Å². The highest BCUT2D eigenvalue weighted by Crippen LogP contribution is 2.60. The average Bonchev–Trinajstić information content (AvgIpc) is 3.34. The number of primary amides is 1. The van der Waals surface area contributed by atoms with Gasteiger partial charge in [0.05, 0.1) is 5.41 Å². The van der Waals surface area contributed by atoms with Crippen LogP contribution in [0, 0.1) is 23.2 Å². The van der Waals surface area contributed by atoms with Crippen molar-refractivity contribution in [1.29, 1.82) is 0 Å². The molecule has 4 saturated carbocycles. The molecular weight excluding hydrogens is 435 g/mol. The van der Waals surface area contributed by atoms with Gasteiger partial charge in [-0.1, -0.05) is 11.3 Å². The van der Waals surface area contributed by atoms with Gasteiger partial charge in [0.2, 0.25) is 16.0 Å². The van der Waals surface area contributed by atoms with Crippen LogP contribution in [0.5, 0.6) is 0 Å². The standard InChI is InChI=1S/C19H24F3N5O3S/c20-19(21,22)15-25-26-16(31-15)24-12-1-2-27(8-12)17(29)30-13-10-3-9-4-11(13)7-18(5-9,6-10)14(23)28/h9-13H,1-8H2,(H2,23,28)(H,24,26)/t9?,10-,11?,12+,13?,18?/m0/s1. The first-order valence-corrected chi connectivity index (χ1v) is 11.4. The summed E-state index contributed by atoms with van der Waals surface area (Å²) in [5.41, 5.74) is 5.28. The largest absolute Gasteiger partial charge is 0.446 e. The molecule has 4 aliphatic carbocycles. The fourth-order valence-electron chi connectivity index (χ4n) is 6.28. The van der Waals surface area contributed by atoms with Crippen molar-refractivity contribution < 1.29 is 27.5 Å². The number of nitrogens with zero attached hydrogens (tertiary/aromatic N) is 3. The van der Waals surface area contributed by atoms with E-state index in [9.17, 15) is 22.8 Å². The van der Waals surface area contributed by atoms with Crippen molar-refractivity contribution in [2.45, 2.75) is 56.8 Å². The maximum atomic E-state index is 12.8. The van der Waals surface area contributed by atoms with E-state index in [2.05, 4.69) is 15.5 Å². The van der Waals surface area contributed by atoms with Crippen LogP contribution >= 0.6 is 11.3 Å². The van der Waals surface area contributed by atoms with Gasteiger partial charge in [-0.2, -0.15) is 13.2 Å². The first kappa shape index (κ1) is 20.8. The molecule has 8 nitrogen and oxygen atoms in total. The quantitative estimate of drug-likeness (QED) is 0.717. The maximum absolute atomic E-state index is 12.8. The molecule has 5 fully saturated rings. The number of carbonyl (C=O) groups excluding carboxylic acids is 2. The number of halogens is 3. The second kappa shape index (κ2) is 7.21. The van der Waals surface area contributed by atoms with E-state index in [0.717, 1.165) is 19.3 Å². The lowest BCUT2D eigenvalue weighted by atomic mass is 9.48. The van der Waals surface area contributed by atoms with E-state index in [0.29, 0.717) is 49.6 Å². The number of carbonyl (C=O) groups is 2. The van der Waals surface area contributed by atoms with Gasteiger partial charge in [0, 0.05) is 19.1 Å². The van der Waals surface area contributed by atoms with E-state index in [-0.39, 0.29) is 35.0 Å². The Bertz CT molecular complexity index is 877. The normalized spacial score (nSPS) is 36.6. The van der Waals surface area contributed by atoms with Crippen LogP contribution in [0.3, 0.4) is 0 Å². The van der Waals surface area contributed by atoms with Crippen molar-refractivity contribution in [3.8, 4) is 0 Å². The van der Waals surface area contributed by atoms with Crippen LogP contribution in [0.25, 0.3) is 0 Å². The summed E-state index contributed by atoms with van der Waals surface area (Å²) in [5.74, 6) is 0.590. The summed E-state index contributed by atoms with van der Waals surface area (Å²) in [6.07, 6.45) is -0.360. The molecule has 1 aromatic rings. The second-order valence-electron chi connectivity index (χ2n) is 9.45. The monoisotopic (exact) mass is 459 g/mol. The molecule has 4 unspecified atom stereocenters. The van der Waals surface area contributed by atoms with Crippen molar-refractivity contribution >= 4 is 28.5 Å². The Hall–Kier alpha value is -2.11. The van der Waals surface area contributed by atoms with Gasteiger partial charge in [0.25, 0.3) is 0 Å². The number of nitrogens with one attached hydrogen (secondary N) is 1. The number of nitrogens with two attached hydrogens (primary N) is 1. The smallest absolute Gasteiger partial charge is 0.445 e. The highest BCUT2D eigenvalue weighted by molar-refractivity contribution is 7.15. The van der Waals surface area contributed by atoms with Gasteiger partial charge in [-0.25, -0.2) is 4.79 Å². The number of rotatable bonds is 4. The van der Waals surface area contributed by atoms with Gasteiger partial charge in [0.1, 0.15) is 6.10 Å². The highest BCUT2D eigenvalue weighted by atomic mass is 32.1. The lowest BCUT2D eigenvalue weighted by Crippen LogP contribution is -2.59. The minimum Gasteiger partial charge on any atom is -0.446 e. The van der Waals surface area contributed by atoms with Gasteiger partial charge in [-0.05, 0) is 56.3 Å². The lowest BCUT2D eigenvalue weighted by Gasteiger charge is -2.58. The predicted molar refractivity (Wildman–Crippen MR) is 104 cm³/mol. The molecule has 31 heavy (non-hydrogen) atoms. The number of likely N-dealkylation sites (tertiary alicyclic amines) is 1. The molecule has 3 N–H and O–H groups in total. The maximum Gasteiger partial charge on any atom is 0.445 e. The van der Waals surface area contributed by atoms with Gasteiger partial charge in [-0.15, -0.1) is 10.2 Å². The van der Waals surface area contributed by atoms with Crippen LogP contribution in [0.4, 0.5) is 23.1 Å². The van der Waals surface area contributed by atoms with Crippen molar-refractivity contribution in [3.05, 3.63) is 5.01 Å². The molecule has 0 aromatic carbocycles. The van der Waals surface area contributed by atoms with Crippen molar-refractivity contribution in [2.24, 2.45) is 28.9 Å². The lowest BCUT2D eigenvalue weighted by molar-refractivity contribution is -0.161. The van der Waals surface area contributed by atoms with E-state index in [1.54, 1.807) is 4.90 Å². The third-order valence-corrected chi connectivity index (χ3v) is 8.29. The molecule has 12 heteroatoms. The zero-order chi connectivity index (χ0) is 22.0. The highest BCUT2D eigenvalue weighted by Gasteiger charge is 2.59. The zero-order valence-corrected chi connectivity index (χ0v) is 17.5. The fourth-order valence-corrected chi connectivity index (χ4v) is 6.97. The number of amides is 2. The predicted octanol–water partition coefficient (Wildman–Crippen LogP) is 2.86. The number of anilines is 1. The zero-order valence-electron chi connectivity index (χ0n) is 16.7. The number of hydrogen-bond acceptors (Lipinski definition) is 7. The van der Waals surface area contributed by atoms with Gasteiger partial charge < -0.3 is 20.7 Å². The van der Waals surface area contributed by atoms with Crippen molar-refractivity contribution in [2.75, 3.05) is 18.4 Å². The Morgan fingerprint density at radius 1 is 1.19 bits per heavy atom. The van der Waals surface area contributed by atoms with Gasteiger partial charge in [-0.3, -0.25) is 4.79 Å². The van der Waals surface area contributed by atoms with Gasteiger partial charge >= 0.3 is 12.3 Å². The van der Waals surface area contributed by atoms with Crippen molar-refractivity contribution in [3.63, 3.8) is 0 Å². The molecule has 6 rings (SSSR count). The second-order valence-corrected chi connectivity index (χ2v) is 10.4. The molecule has 1 aliphatic heterocycles. The van der Waals surface area contributed by atoms with E-state index in [1.807, 2.05) is 0 Å². The number of alkyl halides is 3. The molecule has 0 spiro atoms. The Morgan fingerprint density at radius 3 is 2.52 bits per heavy atom. The number of hydrogen-bond donors (Lipinski definition) is 2. The molecular formula is C19H24F3N5O3S. The minimum absolute atomic E-state index is 0.0883. The van der Waals surface area contributed by atoms with Crippen LogP contribution in [0.1, 0.15) is 43.5 Å². The van der Waals surface area contributed by atoms with Crippen LogP contribution < -0.4 is 11.1 Å². The number of aromatic nitrogens is 2. The molecule has 5 aliphatic rings. The van der Waals surface area contributed by atoms with E-state index < -0.39 is 22.7 Å². The SMILES string of the molecule is NC(=O)C12CC3CC(C1)C(OC(=O)N1CC[C@@H](Nc4nnc(C(F)(F)F)s4)C1)[C@@H](C3)C2. The molecule has 4 bridgehead atoms. The summed E-state index contributed by atoms with van der Waals surface area (Å²) in [7, 11) is 0. The summed E-state index contributed by atoms with van der Waals surface area (Å²) in [6, 6.07) is -0.210. The van der Waals surface area contributed by atoms with E-state index in [1.165, 1.54) is 0 Å². The summed E-state index contributed by atoms with van der Waals surface area (Å²) in [6.45, 7) is 0.785.